The number of hydrogen-bond acceptors (Lipinski definition) is 2. The summed E-state index contributed by atoms with van der Waals surface area (Å²) < 4.78 is 0. The zero-order valence-electron chi connectivity index (χ0n) is 8.96. The summed E-state index contributed by atoms with van der Waals surface area (Å²) >= 11 is 1.68. The molecular weight excluding hydrogens is 192 g/mol. The Labute approximate surface area is 89.9 Å². The molecule has 0 saturated heterocycles. The van der Waals surface area contributed by atoms with Crippen LogP contribution in [0.25, 0.3) is 0 Å². The van der Waals surface area contributed by atoms with Crippen LogP contribution < -0.4 is 0 Å². The highest BCUT2D eigenvalue weighted by Crippen LogP contribution is 2.15. The molecule has 0 spiro atoms. The molecule has 0 aromatic heterocycles. The summed E-state index contributed by atoms with van der Waals surface area (Å²) in [4.78, 5) is 10.7. The molecule has 1 aromatic rings. The van der Waals surface area contributed by atoms with Gasteiger partial charge >= 0.3 is 0 Å². The minimum absolute atomic E-state index is 0.249. The van der Waals surface area contributed by atoms with Crippen molar-refractivity contribution in [3.63, 3.8) is 0 Å². The van der Waals surface area contributed by atoms with E-state index in [4.69, 9.17) is 0 Å². The maximum absolute atomic E-state index is 10.7. The molecule has 0 unspecified atom stereocenters. The first kappa shape index (κ1) is 11.3. The van der Waals surface area contributed by atoms with Crippen LogP contribution in [0.5, 0.6) is 0 Å². The van der Waals surface area contributed by atoms with E-state index in [1.807, 2.05) is 0 Å². The van der Waals surface area contributed by atoms with Gasteiger partial charge in [0.2, 0.25) is 0 Å². The predicted molar refractivity (Wildman–Crippen MR) is 62.8 cm³/mol. The Morgan fingerprint density at radius 3 is 2.29 bits per heavy atom. The van der Waals surface area contributed by atoms with Crippen molar-refractivity contribution in [1.29, 1.82) is 0 Å². The minimum atomic E-state index is 0.249. The summed E-state index contributed by atoms with van der Waals surface area (Å²) in [7, 11) is 0. The quantitative estimate of drug-likeness (QED) is 0.756. The van der Waals surface area contributed by atoms with Crippen LogP contribution in [0, 0.1) is 13.8 Å². The van der Waals surface area contributed by atoms with E-state index in [1.54, 1.807) is 18.7 Å². The summed E-state index contributed by atoms with van der Waals surface area (Å²) in [5.41, 5.74) is 3.90. The molecule has 0 aliphatic carbocycles. The van der Waals surface area contributed by atoms with Gasteiger partial charge in [-0.1, -0.05) is 29.3 Å². The number of thioether (sulfide) groups is 1. The molecule has 0 aliphatic heterocycles. The van der Waals surface area contributed by atoms with Crippen LogP contribution in [0.1, 0.15) is 23.6 Å². The zero-order valence-corrected chi connectivity index (χ0v) is 9.78. The Bertz CT molecular complexity index is 311. The van der Waals surface area contributed by atoms with Crippen LogP contribution >= 0.6 is 11.8 Å². The van der Waals surface area contributed by atoms with E-state index in [0.717, 1.165) is 5.75 Å². The molecule has 0 heterocycles. The number of benzene rings is 1. The fourth-order valence-electron chi connectivity index (χ4n) is 1.46. The maximum atomic E-state index is 10.7. The SMILES string of the molecule is CC(=O)CSCc1cc(C)cc(C)c1. The number of rotatable bonds is 4. The van der Waals surface area contributed by atoms with Gasteiger partial charge in [0, 0.05) is 5.75 Å². The second-order valence-corrected chi connectivity index (χ2v) is 4.68. The zero-order chi connectivity index (χ0) is 10.6. The van der Waals surface area contributed by atoms with Gasteiger partial charge in [-0.3, -0.25) is 4.79 Å². The monoisotopic (exact) mass is 208 g/mol. The maximum Gasteiger partial charge on any atom is 0.139 e. The van der Waals surface area contributed by atoms with Crippen LogP contribution in [0.3, 0.4) is 0 Å². The van der Waals surface area contributed by atoms with E-state index in [1.165, 1.54) is 16.7 Å². The normalized spacial score (nSPS) is 10.2. The van der Waals surface area contributed by atoms with Gasteiger partial charge in [0.15, 0.2) is 0 Å². The number of aryl methyl sites for hydroxylation is 2. The molecule has 76 valence electrons. The minimum Gasteiger partial charge on any atom is -0.299 e. The first-order valence-corrected chi connectivity index (χ1v) is 5.88. The predicted octanol–water partition coefficient (Wildman–Crippen LogP) is 3.13. The Hall–Kier alpha value is -0.760. The van der Waals surface area contributed by atoms with Crippen LogP contribution in [0.2, 0.25) is 0 Å². The van der Waals surface area contributed by atoms with E-state index < -0.39 is 0 Å². The molecule has 0 saturated carbocycles. The molecule has 1 nitrogen and oxygen atoms in total. The highest BCUT2D eigenvalue weighted by atomic mass is 32.2. The van der Waals surface area contributed by atoms with Crippen molar-refractivity contribution in [2.24, 2.45) is 0 Å². The summed E-state index contributed by atoms with van der Waals surface area (Å²) in [6, 6.07) is 6.53. The number of Topliss-reactive ketones (excluding diaryl/α,β-unsaturated/α-hetero) is 1. The van der Waals surface area contributed by atoms with Crippen molar-refractivity contribution < 1.29 is 4.79 Å². The number of hydrogen-bond donors (Lipinski definition) is 0. The third-order valence-electron chi connectivity index (χ3n) is 1.86. The lowest BCUT2D eigenvalue weighted by Gasteiger charge is -2.03. The molecule has 14 heavy (non-hydrogen) atoms. The van der Waals surface area contributed by atoms with Gasteiger partial charge in [-0.25, -0.2) is 0 Å². The molecule has 0 amide bonds. The highest BCUT2D eigenvalue weighted by molar-refractivity contribution is 7.99. The van der Waals surface area contributed by atoms with E-state index in [0.29, 0.717) is 5.75 Å². The Balaban J connectivity index is 2.54. The highest BCUT2D eigenvalue weighted by Gasteiger charge is 1.98. The van der Waals surface area contributed by atoms with Crippen molar-refractivity contribution >= 4 is 17.5 Å². The average Bonchev–Trinajstić information content (AvgIpc) is 2.01. The fraction of sp³-hybridized carbons (Fsp3) is 0.417. The van der Waals surface area contributed by atoms with Crippen LogP contribution in [-0.4, -0.2) is 11.5 Å². The largest absolute Gasteiger partial charge is 0.299 e. The van der Waals surface area contributed by atoms with Crippen molar-refractivity contribution in [3.05, 3.63) is 34.9 Å². The Morgan fingerprint density at radius 1 is 1.21 bits per heavy atom. The number of carbonyl (C=O) groups excluding carboxylic acids is 1. The lowest BCUT2D eigenvalue weighted by Crippen LogP contribution is -1.94. The third kappa shape index (κ3) is 3.97. The smallest absolute Gasteiger partial charge is 0.139 e. The van der Waals surface area contributed by atoms with Gasteiger partial charge in [-0.2, -0.15) is 0 Å². The first-order valence-electron chi connectivity index (χ1n) is 4.72. The molecule has 0 atom stereocenters. The lowest BCUT2D eigenvalue weighted by molar-refractivity contribution is -0.114. The van der Waals surface area contributed by atoms with Gasteiger partial charge in [-0.05, 0) is 26.3 Å². The second-order valence-electron chi connectivity index (χ2n) is 3.69. The molecule has 0 fully saturated rings. The average molecular weight is 208 g/mol. The molecule has 1 aromatic carbocycles. The second kappa shape index (κ2) is 5.20. The summed E-state index contributed by atoms with van der Waals surface area (Å²) in [6.45, 7) is 5.84. The number of carbonyl (C=O) groups is 1. The molecule has 1 rings (SSSR count). The van der Waals surface area contributed by atoms with Gasteiger partial charge in [-0.15, -0.1) is 11.8 Å². The van der Waals surface area contributed by atoms with Crippen LogP contribution in [0.15, 0.2) is 18.2 Å². The topological polar surface area (TPSA) is 17.1 Å². The van der Waals surface area contributed by atoms with Crippen molar-refractivity contribution in [3.8, 4) is 0 Å². The summed E-state index contributed by atoms with van der Waals surface area (Å²) in [5, 5.41) is 0. The molecular formula is C12H16OS. The molecule has 0 N–H and O–H groups in total. The lowest BCUT2D eigenvalue weighted by atomic mass is 10.1. The standard InChI is InChI=1S/C12H16OS/c1-9-4-10(2)6-12(5-9)8-14-7-11(3)13/h4-6H,7-8H2,1-3H3. The van der Waals surface area contributed by atoms with Crippen LogP contribution in [-0.2, 0) is 10.5 Å². The molecule has 0 aliphatic rings. The third-order valence-corrected chi connectivity index (χ3v) is 3.00. The first-order chi connectivity index (χ1) is 6.58. The van der Waals surface area contributed by atoms with E-state index >= 15 is 0 Å². The summed E-state index contributed by atoms with van der Waals surface area (Å²) in [5.74, 6) is 1.80. The fourth-order valence-corrected chi connectivity index (χ4v) is 2.26. The van der Waals surface area contributed by atoms with Crippen LogP contribution in [0.4, 0.5) is 0 Å². The molecule has 0 bridgehead atoms. The molecule has 0 radical (unpaired) electrons. The van der Waals surface area contributed by atoms with Gasteiger partial charge < -0.3 is 0 Å². The van der Waals surface area contributed by atoms with Gasteiger partial charge in [0.25, 0.3) is 0 Å². The van der Waals surface area contributed by atoms with Gasteiger partial charge in [0.1, 0.15) is 5.78 Å². The van der Waals surface area contributed by atoms with E-state index in [-0.39, 0.29) is 5.78 Å². The van der Waals surface area contributed by atoms with Crippen molar-refractivity contribution in [1.82, 2.24) is 0 Å². The van der Waals surface area contributed by atoms with Crippen molar-refractivity contribution in [2.45, 2.75) is 26.5 Å². The van der Waals surface area contributed by atoms with Crippen molar-refractivity contribution in [2.75, 3.05) is 5.75 Å². The summed E-state index contributed by atoms with van der Waals surface area (Å²) in [6.07, 6.45) is 0. The van der Waals surface area contributed by atoms with Gasteiger partial charge in [0.05, 0.1) is 5.75 Å². The van der Waals surface area contributed by atoms with E-state index in [9.17, 15) is 4.79 Å². The molecule has 2 heteroatoms. The Morgan fingerprint density at radius 2 is 1.79 bits per heavy atom. The Kier molecular flexibility index (Phi) is 4.21. The number of ketones is 1. The van der Waals surface area contributed by atoms with E-state index in [2.05, 4.69) is 32.0 Å².